The average Bonchev–Trinajstić information content (AvgIpc) is 2.12. The van der Waals surface area contributed by atoms with Crippen LogP contribution in [0.1, 0.15) is 0 Å². The van der Waals surface area contributed by atoms with E-state index < -0.39 is 12.1 Å². The van der Waals surface area contributed by atoms with Gasteiger partial charge in [-0.1, -0.05) is 0 Å². The fourth-order valence-electron chi connectivity index (χ4n) is 0.406. The molecule has 0 bridgehead atoms. The number of carboxylic acid groups (broad SMARTS) is 1. The van der Waals surface area contributed by atoms with Gasteiger partial charge in [0.15, 0.2) is 0 Å². The Balaban J connectivity index is 2.62. The maximum atomic E-state index is 9.97. The van der Waals surface area contributed by atoms with Crippen LogP contribution in [0.5, 0.6) is 0 Å². The van der Waals surface area contributed by atoms with Gasteiger partial charge in [0, 0.05) is 12.4 Å². The number of carbonyl (C=O) groups is 1. The third-order valence-corrected chi connectivity index (χ3v) is 0.742. The van der Waals surface area contributed by atoms with Gasteiger partial charge in [-0.2, -0.15) is 0 Å². The van der Waals surface area contributed by atoms with E-state index in [9.17, 15) is 4.79 Å². The first-order valence-corrected chi connectivity index (χ1v) is 2.08. The lowest BCUT2D eigenvalue weighted by Crippen LogP contribution is -2.11. The Morgan fingerprint density at radius 2 is 2.00 bits per heavy atom. The van der Waals surface area contributed by atoms with Crippen molar-refractivity contribution in [1.29, 1.82) is 0 Å². The maximum absolute atomic E-state index is 9.97. The minimum absolute atomic E-state index is 0.880. The van der Waals surface area contributed by atoms with Crippen molar-refractivity contribution in [2.45, 2.75) is 6.17 Å². The Kier molecular flexibility index (Phi) is 1.07. The number of rotatable bonds is 1. The van der Waals surface area contributed by atoms with Crippen LogP contribution in [-0.4, -0.2) is 29.7 Å². The highest BCUT2D eigenvalue weighted by Crippen LogP contribution is 1.94. The topological polar surface area (TPSA) is 62.0 Å². The van der Waals surface area contributed by atoms with E-state index in [2.05, 4.69) is 9.98 Å². The summed E-state index contributed by atoms with van der Waals surface area (Å²) in [5.74, 6) is -1.00. The Morgan fingerprint density at radius 3 is 2.25 bits per heavy atom. The van der Waals surface area contributed by atoms with Crippen LogP contribution >= 0.6 is 0 Å². The van der Waals surface area contributed by atoms with E-state index in [0.29, 0.717) is 0 Å². The Morgan fingerprint density at radius 1 is 1.50 bits per heavy atom. The summed E-state index contributed by atoms with van der Waals surface area (Å²) in [4.78, 5) is 17.0. The highest BCUT2D eigenvalue weighted by molar-refractivity contribution is 6.18. The molecule has 0 spiro atoms. The minimum Gasteiger partial charge on any atom is -0.478 e. The molecule has 0 saturated heterocycles. The third-order valence-electron chi connectivity index (χ3n) is 0.742. The molecule has 0 aromatic rings. The summed E-state index contributed by atoms with van der Waals surface area (Å²) in [6, 6.07) is 0. The summed E-state index contributed by atoms with van der Waals surface area (Å²) < 4.78 is 0. The number of aliphatic imine (C=N–C) groups is 2. The fourth-order valence-corrected chi connectivity index (χ4v) is 0.406. The van der Waals surface area contributed by atoms with Crippen molar-refractivity contribution in [2.75, 3.05) is 0 Å². The lowest BCUT2D eigenvalue weighted by molar-refractivity contribution is -0.138. The monoisotopic (exact) mass is 112 g/mol. The van der Waals surface area contributed by atoms with Crippen molar-refractivity contribution >= 4 is 18.4 Å². The van der Waals surface area contributed by atoms with Gasteiger partial charge in [0.2, 0.25) is 6.17 Å². The quantitative estimate of drug-likeness (QED) is 0.499. The summed E-state index contributed by atoms with van der Waals surface area (Å²) in [6.07, 6.45) is 1.87. The molecule has 42 valence electrons. The van der Waals surface area contributed by atoms with E-state index in [-0.39, 0.29) is 0 Å². The van der Waals surface area contributed by atoms with Crippen molar-refractivity contribution < 1.29 is 9.90 Å². The van der Waals surface area contributed by atoms with Crippen LogP contribution in [0.2, 0.25) is 0 Å². The van der Waals surface area contributed by atoms with Gasteiger partial charge in [-0.3, -0.25) is 9.98 Å². The highest BCUT2D eigenvalue weighted by atomic mass is 16.4. The van der Waals surface area contributed by atoms with Crippen molar-refractivity contribution in [3.05, 3.63) is 0 Å². The molecule has 1 aliphatic rings. The van der Waals surface area contributed by atoms with Crippen molar-refractivity contribution in [3.63, 3.8) is 0 Å². The Hall–Kier alpha value is -1.19. The van der Waals surface area contributed by atoms with Gasteiger partial charge in [-0.05, 0) is 0 Å². The zero-order chi connectivity index (χ0) is 5.98. The summed E-state index contributed by atoms with van der Waals surface area (Å²) >= 11 is 0. The first-order valence-electron chi connectivity index (χ1n) is 2.08. The number of hydrogen-bond acceptors (Lipinski definition) is 3. The molecule has 0 unspecified atom stereocenters. The summed E-state index contributed by atoms with van der Waals surface area (Å²) in [6.45, 7) is 0. The molecule has 4 heteroatoms. The molecule has 0 aromatic carbocycles. The van der Waals surface area contributed by atoms with Crippen LogP contribution in [0.3, 0.4) is 0 Å². The molecule has 0 aromatic heterocycles. The van der Waals surface area contributed by atoms with Gasteiger partial charge in [-0.15, -0.1) is 0 Å². The van der Waals surface area contributed by atoms with Crippen LogP contribution < -0.4 is 0 Å². The lowest BCUT2D eigenvalue weighted by Gasteiger charge is -1.91. The number of hydrogen-bond donors (Lipinski definition) is 1. The van der Waals surface area contributed by atoms with Gasteiger partial charge in [0.05, 0.1) is 0 Å². The van der Waals surface area contributed by atoms with Crippen LogP contribution in [-0.2, 0) is 4.79 Å². The molecule has 1 rings (SSSR count). The smallest absolute Gasteiger partial charge is 0.351 e. The predicted octanol–water partition coefficient (Wildman–Crippen LogP) is -0.448. The van der Waals surface area contributed by atoms with Crippen LogP contribution in [0, 0.1) is 0 Å². The zero-order valence-electron chi connectivity index (χ0n) is 3.98. The van der Waals surface area contributed by atoms with E-state index in [4.69, 9.17) is 5.11 Å². The first kappa shape index (κ1) is 4.96. The maximum Gasteiger partial charge on any atom is 0.351 e. The summed E-state index contributed by atoms with van der Waals surface area (Å²) in [5.41, 5.74) is 0. The largest absolute Gasteiger partial charge is 0.478 e. The molecule has 4 nitrogen and oxygen atoms in total. The highest BCUT2D eigenvalue weighted by Gasteiger charge is 2.13. The predicted molar refractivity (Wildman–Crippen MR) is 28.4 cm³/mol. The van der Waals surface area contributed by atoms with Gasteiger partial charge < -0.3 is 5.11 Å². The second-order valence-electron chi connectivity index (χ2n) is 1.31. The molecular formula is C4H4N2O2. The standard InChI is InChI=1S/C4H4N2O2/c7-4(8)3-5-1-2-6-3/h1-3H,(H,7,8). The molecule has 1 N–H and O–H groups in total. The second-order valence-corrected chi connectivity index (χ2v) is 1.31. The van der Waals surface area contributed by atoms with Crippen molar-refractivity contribution in [1.82, 2.24) is 0 Å². The molecule has 1 aliphatic heterocycles. The molecular weight excluding hydrogens is 108 g/mol. The SMILES string of the molecule is O=C(O)C1N=CC=N1. The second kappa shape index (κ2) is 1.73. The molecule has 0 atom stereocenters. The molecule has 0 fully saturated rings. The van der Waals surface area contributed by atoms with Gasteiger partial charge in [-0.25, -0.2) is 4.79 Å². The third kappa shape index (κ3) is 0.726. The van der Waals surface area contributed by atoms with E-state index >= 15 is 0 Å². The van der Waals surface area contributed by atoms with Crippen molar-refractivity contribution in [3.8, 4) is 0 Å². The van der Waals surface area contributed by atoms with Gasteiger partial charge in [0.25, 0.3) is 0 Å². The van der Waals surface area contributed by atoms with Crippen molar-refractivity contribution in [2.24, 2.45) is 9.98 Å². The minimum atomic E-state index is -1.00. The number of aliphatic carboxylic acids is 1. The molecule has 0 saturated carbocycles. The van der Waals surface area contributed by atoms with Gasteiger partial charge >= 0.3 is 5.97 Å². The van der Waals surface area contributed by atoms with Crippen LogP contribution in [0.25, 0.3) is 0 Å². The van der Waals surface area contributed by atoms with E-state index in [0.717, 1.165) is 0 Å². The molecule has 0 amide bonds. The summed E-state index contributed by atoms with van der Waals surface area (Å²) in [7, 11) is 0. The van der Waals surface area contributed by atoms with E-state index in [1.54, 1.807) is 0 Å². The fraction of sp³-hybridized carbons (Fsp3) is 0.250. The molecule has 0 aliphatic carbocycles. The number of carboxylic acids is 1. The normalized spacial score (nSPS) is 17.5. The molecule has 1 heterocycles. The van der Waals surface area contributed by atoms with Gasteiger partial charge in [0.1, 0.15) is 0 Å². The van der Waals surface area contributed by atoms with E-state index in [1.807, 2.05) is 0 Å². The first-order chi connectivity index (χ1) is 3.80. The van der Waals surface area contributed by atoms with E-state index in [1.165, 1.54) is 12.4 Å². The van der Waals surface area contributed by atoms with Crippen LogP contribution in [0.15, 0.2) is 9.98 Å². The molecule has 8 heavy (non-hydrogen) atoms. The average molecular weight is 112 g/mol. The Labute approximate surface area is 45.6 Å². The Bertz CT molecular complexity index is 149. The summed E-state index contributed by atoms with van der Waals surface area (Å²) in [5, 5.41) is 8.19. The molecule has 0 radical (unpaired) electrons. The van der Waals surface area contributed by atoms with Crippen LogP contribution in [0.4, 0.5) is 0 Å². The zero-order valence-corrected chi connectivity index (χ0v) is 3.98. The lowest BCUT2D eigenvalue weighted by atomic mass is 10.6. The number of nitrogens with zero attached hydrogens (tertiary/aromatic N) is 2.